The van der Waals surface area contributed by atoms with Crippen molar-refractivity contribution < 1.29 is 19.4 Å². The molecule has 11 nitrogen and oxygen atoms in total. The molecule has 5 rings (SSSR count). The molecule has 2 aromatic heterocycles. The zero-order valence-electron chi connectivity index (χ0n) is 27.6. The van der Waals surface area contributed by atoms with E-state index in [0.29, 0.717) is 42.5 Å². The summed E-state index contributed by atoms with van der Waals surface area (Å²) in [6.45, 7) is 9.34. The van der Waals surface area contributed by atoms with Crippen molar-refractivity contribution in [1.82, 2.24) is 25.3 Å². The van der Waals surface area contributed by atoms with Crippen LogP contribution in [0.25, 0.3) is 11.3 Å². The first-order valence-electron chi connectivity index (χ1n) is 15.9. The minimum atomic E-state index is -0.985. The Morgan fingerprint density at radius 3 is 2.47 bits per heavy atom. The zero-order chi connectivity index (χ0) is 33.3. The van der Waals surface area contributed by atoms with Crippen LogP contribution in [0.3, 0.4) is 0 Å². The van der Waals surface area contributed by atoms with E-state index in [1.807, 2.05) is 70.4 Å². The van der Waals surface area contributed by atoms with E-state index in [1.54, 1.807) is 18.2 Å². The summed E-state index contributed by atoms with van der Waals surface area (Å²) in [5.74, 6) is 0.652. The van der Waals surface area contributed by atoms with Gasteiger partial charge in [-0.15, -0.1) is 0 Å². The Morgan fingerprint density at radius 1 is 1.04 bits per heavy atom. The Kier molecular flexibility index (Phi) is 11.6. The van der Waals surface area contributed by atoms with Crippen molar-refractivity contribution in [3.8, 4) is 17.1 Å². The number of carboxylic acids is 1. The number of nitrogens with zero attached hydrogens (tertiary/aromatic N) is 5. The molecule has 4 aromatic rings. The van der Waals surface area contributed by atoms with Crippen molar-refractivity contribution in [2.45, 2.75) is 76.6 Å². The number of aryl methyl sites for hydroxylation is 2. The summed E-state index contributed by atoms with van der Waals surface area (Å²) in [7, 11) is 2.08. The lowest BCUT2D eigenvalue weighted by Crippen LogP contribution is -2.39. The average Bonchev–Trinajstić information content (AvgIpc) is 3.03. The van der Waals surface area contributed by atoms with E-state index in [2.05, 4.69) is 36.9 Å². The number of rotatable bonds is 16. The molecule has 0 spiro atoms. The van der Waals surface area contributed by atoms with Gasteiger partial charge in [-0.25, -0.2) is 14.8 Å². The summed E-state index contributed by atoms with van der Waals surface area (Å²) < 4.78 is 15.4. The lowest BCUT2D eigenvalue weighted by atomic mass is 9.92. The van der Waals surface area contributed by atoms with E-state index in [4.69, 9.17) is 14.5 Å². The Hall–Kier alpha value is -4.26. The number of carboxylic acid groups (broad SMARTS) is 1. The van der Waals surface area contributed by atoms with Gasteiger partial charge in [0, 0.05) is 36.2 Å². The number of ether oxygens (including phenoxy) is 2. The molecule has 1 fully saturated rings. The zero-order valence-corrected chi connectivity index (χ0v) is 28.4. The van der Waals surface area contributed by atoms with E-state index in [1.165, 1.54) is 31.2 Å². The molecule has 1 atom stereocenters. The maximum atomic E-state index is 11.5. The highest BCUT2D eigenvalue weighted by atomic mass is 32.2. The van der Waals surface area contributed by atoms with Gasteiger partial charge in [0.25, 0.3) is 0 Å². The van der Waals surface area contributed by atoms with Crippen LogP contribution in [0.4, 0.5) is 11.8 Å². The van der Waals surface area contributed by atoms with Gasteiger partial charge in [0.2, 0.25) is 11.8 Å². The minimum Gasteiger partial charge on any atom is -0.478 e. The van der Waals surface area contributed by atoms with Gasteiger partial charge in [0.15, 0.2) is 0 Å². The van der Waals surface area contributed by atoms with Crippen LogP contribution < -0.4 is 19.7 Å². The van der Waals surface area contributed by atoms with Crippen LogP contribution in [-0.4, -0.2) is 69.5 Å². The number of nitrogens with one attached hydrogen (secondary N) is 2. The third kappa shape index (κ3) is 9.40. The van der Waals surface area contributed by atoms with Crippen LogP contribution in [0.1, 0.15) is 60.3 Å². The fourth-order valence-electron chi connectivity index (χ4n) is 5.18. The summed E-state index contributed by atoms with van der Waals surface area (Å²) in [4.78, 5) is 33.1. The number of anilines is 2. The van der Waals surface area contributed by atoms with E-state index >= 15 is 0 Å². The highest BCUT2D eigenvalue weighted by Crippen LogP contribution is 2.30. The van der Waals surface area contributed by atoms with Crippen molar-refractivity contribution in [3.63, 3.8) is 0 Å². The summed E-state index contributed by atoms with van der Waals surface area (Å²) in [5, 5.41) is 12.9. The van der Waals surface area contributed by atoms with Gasteiger partial charge in [-0.3, -0.25) is 9.71 Å². The minimum absolute atomic E-state index is 0.0579. The van der Waals surface area contributed by atoms with E-state index < -0.39 is 5.97 Å². The number of aromatic nitrogens is 4. The predicted molar refractivity (Wildman–Crippen MR) is 185 cm³/mol. The Labute approximate surface area is 280 Å². The second kappa shape index (κ2) is 16.0. The topological polar surface area (TPSA) is 135 Å². The van der Waals surface area contributed by atoms with Crippen molar-refractivity contribution in [2.24, 2.45) is 0 Å². The van der Waals surface area contributed by atoms with Crippen LogP contribution in [0.5, 0.6) is 5.88 Å². The average molecular weight is 658 g/mol. The van der Waals surface area contributed by atoms with Gasteiger partial charge in [-0.05, 0) is 88.2 Å². The molecule has 1 saturated carbocycles. The summed E-state index contributed by atoms with van der Waals surface area (Å²) >= 11 is 1.23. The second-order valence-corrected chi connectivity index (χ2v) is 12.9. The fourth-order valence-corrected chi connectivity index (χ4v) is 5.81. The number of hydrogen-bond acceptors (Lipinski definition) is 11. The molecule has 12 heteroatoms. The van der Waals surface area contributed by atoms with Crippen molar-refractivity contribution in [2.75, 3.05) is 29.9 Å². The maximum Gasteiger partial charge on any atom is 0.335 e. The largest absolute Gasteiger partial charge is 0.478 e. The van der Waals surface area contributed by atoms with Crippen LogP contribution in [-0.2, 0) is 11.3 Å². The normalized spacial score (nSPS) is 13.7. The standard InChI is InChI=1S/C35H43N7O4S/c1-22(2)45-20-27(36-17-26-18-38-31(19-37-26)42(5)28-12-8-13-28)21-46-32-16-30(33-23(3)9-6-10-24(33)4)39-35(40-32)41-47-29-14-7-11-25(15-29)34(43)44/h6-7,9-11,14-16,18-19,22,27-28,36H,8,12-13,17,20-21H2,1-5H3,(H,43,44)(H,39,40,41). The first-order chi connectivity index (χ1) is 22.7. The lowest BCUT2D eigenvalue weighted by molar-refractivity contribution is 0.0491. The number of hydrogen-bond donors (Lipinski definition) is 3. The molecule has 2 heterocycles. The molecule has 248 valence electrons. The molecule has 2 aromatic carbocycles. The number of benzene rings is 2. The second-order valence-electron chi connectivity index (χ2n) is 12.1. The van der Waals surface area contributed by atoms with Crippen molar-refractivity contribution in [3.05, 3.63) is 83.3 Å². The third-order valence-electron chi connectivity index (χ3n) is 8.09. The summed E-state index contributed by atoms with van der Waals surface area (Å²) in [6.07, 6.45) is 7.40. The van der Waals surface area contributed by atoms with E-state index in [-0.39, 0.29) is 17.7 Å². The molecular formula is C35H43N7O4S. The molecular weight excluding hydrogens is 614 g/mol. The molecule has 3 N–H and O–H groups in total. The summed E-state index contributed by atoms with van der Waals surface area (Å²) in [6, 6.07) is 15.1. The van der Waals surface area contributed by atoms with Gasteiger partial charge < -0.3 is 24.8 Å². The molecule has 0 aliphatic heterocycles. The number of aromatic carboxylic acids is 1. The monoisotopic (exact) mass is 657 g/mol. The lowest BCUT2D eigenvalue weighted by Gasteiger charge is -2.35. The van der Waals surface area contributed by atoms with Crippen molar-refractivity contribution in [1.29, 1.82) is 0 Å². The molecule has 1 unspecified atom stereocenters. The predicted octanol–water partition coefficient (Wildman–Crippen LogP) is 6.32. The molecule has 0 saturated heterocycles. The Bertz CT molecular complexity index is 1630. The first kappa shape index (κ1) is 34.1. The van der Waals surface area contributed by atoms with Gasteiger partial charge >= 0.3 is 5.97 Å². The molecule has 0 amide bonds. The quantitative estimate of drug-likeness (QED) is 0.116. The van der Waals surface area contributed by atoms with Gasteiger partial charge in [0.05, 0.1) is 48.1 Å². The highest BCUT2D eigenvalue weighted by molar-refractivity contribution is 8.00. The van der Waals surface area contributed by atoms with E-state index in [0.717, 1.165) is 33.9 Å². The number of carbonyl (C=O) groups is 1. The van der Waals surface area contributed by atoms with Gasteiger partial charge in [-0.1, -0.05) is 24.3 Å². The van der Waals surface area contributed by atoms with Gasteiger partial charge in [-0.2, -0.15) is 4.98 Å². The fraction of sp³-hybridized carbons (Fsp3) is 0.400. The van der Waals surface area contributed by atoms with E-state index in [9.17, 15) is 9.90 Å². The van der Waals surface area contributed by atoms with Crippen LogP contribution in [0.15, 0.2) is 65.8 Å². The van der Waals surface area contributed by atoms with Crippen molar-refractivity contribution >= 4 is 29.7 Å². The smallest absolute Gasteiger partial charge is 0.335 e. The van der Waals surface area contributed by atoms with Crippen LogP contribution in [0, 0.1) is 13.8 Å². The molecule has 1 aliphatic rings. The third-order valence-corrected chi connectivity index (χ3v) is 8.87. The SMILES string of the molecule is Cc1cccc(C)c1-c1cc(OCC(COC(C)C)NCc2cnc(N(C)C3CCC3)cn2)nc(NSc2cccc(C(=O)O)c2)n1. The van der Waals surface area contributed by atoms with Crippen LogP contribution in [0.2, 0.25) is 0 Å². The molecule has 0 radical (unpaired) electrons. The Balaban J connectivity index is 1.31. The Morgan fingerprint density at radius 2 is 1.81 bits per heavy atom. The maximum absolute atomic E-state index is 11.5. The molecule has 0 bridgehead atoms. The molecule has 1 aliphatic carbocycles. The summed E-state index contributed by atoms with van der Waals surface area (Å²) in [5.41, 5.74) is 4.93. The molecule has 47 heavy (non-hydrogen) atoms. The van der Waals surface area contributed by atoms with Gasteiger partial charge in [0.1, 0.15) is 12.4 Å². The highest BCUT2D eigenvalue weighted by Gasteiger charge is 2.23. The van der Waals surface area contributed by atoms with Crippen LogP contribution >= 0.6 is 11.9 Å². The first-order valence-corrected chi connectivity index (χ1v) is 16.7.